The number of benzene rings is 1. The van der Waals surface area contributed by atoms with Crippen molar-refractivity contribution in [2.45, 2.75) is 19.8 Å². The summed E-state index contributed by atoms with van der Waals surface area (Å²) in [5.41, 5.74) is 1.81. The summed E-state index contributed by atoms with van der Waals surface area (Å²) in [4.78, 5) is 22.5. The van der Waals surface area contributed by atoms with Gasteiger partial charge in [0.1, 0.15) is 0 Å². The molecule has 0 unspecified atom stereocenters. The van der Waals surface area contributed by atoms with E-state index in [0.717, 1.165) is 18.4 Å². The third-order valence-corrected chi connectivity index (χ3v) is 2.22. The van der Waals surface area contributed by atoms with Crippen LogP contribution in [0.2, 0.25) is 0 Å². The van der Waals surface area contributed by atoms with Crippen molar-refractivity contribution in [3.05, 3.63) is 34.9 Å². The van der Waals surface area contributed by atoms with Crippen LogP contribution in [-0.2, 0) is 6.42 Å². The lowest BCUT2D eigenvalue weighted by molar-refractivity contribution is 0.0879. The second-order valence-electron chi connectivity index (χ2n) is 3.31. The highest BCUT2D eigenvalue weighted by Gasteiger charge is 2.26. The largest absolute Gasteiger partial charge is 0.288 e. The van der Waals surface area contributed by atoms with Crippen LogP contribution < -0.4 is 5.32 Å². The summed E-state index contributed by atoms with van der Waals surface area (Å²) >= 11 is 0. The first kappa shape index (κ1) is 8.94. The van der Waals surface area contributed by atoms with Crippen molar-refractivity contribution >= 4 is 11.8 Å². The van der Waals surface area contributed by atoms with Gasteiger partial charge in [0.15, 0.2) is 0 Å². The molecule has 14 heavy (non-hydrogen) atoms. The molecule has 1 aliphatic rings. The number of fused-ring (bicyclic) bond motifs is 1. The SMILES string of the molecule is CCCc1[c]c2c(cc1)C(=O)NC2=O. The number of nitrogens with one attached hydrogen (secondary N) is 1. The highest BCUT2D eigenvalue weighted by molar-refractivity contribution is 6.21. The molecule has 2 rings (SSSR count). The van der Waals surface area contributed by atoms with Crippen LogP contribution >= 0.6 is 0 Å². The van der Waals surface area contributed by atoms with Gasteiger partial charge in [-0.15, -0.1) is 0 Å². The molecule has 3 heteroatoms. The number of amides is 2. The molecule has 1 aromatic carbocycles. The lowest BCUT2D eigenvalue weighted by atomic mass is 10.0. The van der Waals surface area contributed by atoms with Crippen LogP contribution in [0.4, 0.5) is 0 Å². The molecule has 0 aromatic heterocycles. The third kappa shape index (κ3) is 1.31. The summed E-state index contributed by atoms with van der Waals surface area (Å²) in [5, 5.41) is 2.24. The summed E-state index contributed by atoms with van der Waals surface area (Å²) in [7, 11) is 0. The molecule has 71 valence electrons. The zero-order valence-corrected chi connectivity index (χ0v) is 7.89. The molecule has 1 radical (unpaired) electrons. The highest BCUT2D eigenvalue weighted by atomic mass is 16.2. The van der Waals surface area contributed by atoms with Gasteiger partial charge < -0.3 is 0 Å². The van der Waals surface area contributed by atoms with Gasteiger partial charge in [-0.2, -0.15) is 0 Å². The fraction of sp³-hybridized carbons (Fsp3) is 0.273. The number of rotatable bonds is 2. The van der Waals surface area contributed by atoms with Crippen LogP contribution in [0.15, 0.2) is 12.1 Å². The first-order chi connectivity index (χ1) is 6.72. The minimum atomic E-state index is -0.331. The summed E-state index contributed by atoms with van der Waals surface area (Å²) in [6.45, 7) is 2.06. The number of carbonyl (C=O) groups excluding carboxylic acids is 2. The van der Waals surface area contributed by atoms with Gasteiger partial charge in [0, 0.05) is 0 Å². The van der Waals surface area contributed by atoms with E-state index >= 15 is 0 Å². The zero-order valence-electron chi connectivity index (χ0n) is 7.89. The van der Waals surface area contributed by atoms with Gasteiger partial charge in [-0.3, -0.25) is 14.9 Å². The normalized spacial score (nSPS) is 14.1. The second kappa shape index (κ2) is 3.25. The molecule has 0 saturated heterocycles. The van der Waals surface area contributed by atoms with E-state index in [0.29, 0.717) is 11.1 Å². The fourth-order valence-electron chi connectivity index (χ4n) is 1.55. The highest BCUT2D eigenvalue weighted by Crippen LogP contribution is 2.17. The molecule has 2 amide bonds. The maximum Gasteiger partial charge on any atom is 0.259 e. The molecule has 0 atom stereocenters. The predicted octanol–water partition coefficient (Wildman–Crippen LogP) is 1.32. The Bertz CT molecular complexity index is 410. The zero-order chi connectivity index (χ0) is 10.1. The van der Waals surface area contributed by atoms with Crippen molar-refractivity contribution in [3.8, 4) is 0 Å². The van der Waals surface area contributed by atoms with E-state index in [2.05, 4.69) is 18.3 Å². The van der Waals surface area contributed by atoms with Crippen molar-refractivity contribution in [1.82, 2.24) is 5.32 Å². The molecule has 0 fully saturated rings. The fourth-order valence-corrected chi connectivity index (χ4v) is 1.55. The smallest absolute Gasteiger partial charge is 0.259 e. The molecule has 0 spiro atoms. The summed E-state index contributed by atoms with van der Waals surface area (Å²) in [6, 6.07) is 6.51. The molecule has 1 N–H and O–H groups in total. The number of carbonyl (C=O) groups is 2. The van der Waals surface area contributed by atoms with E-state index in [4.69, 9.17) is 0 Å². The van der Waals surface area contributed by atoms with E-state index in [1.165, 1.54) is 0 Å². The topological polar surface area (TPSA) is 46.2 Å². The van der Waals surface area contributed by atoms with Crippen molar-refractivity contribution in [3.63, 3.8) is 0 Å². The Balaban J connectivity index is 2.44. The van der Waals surface area contributed by atoms with Gasteiger partial charge in [-0.1, -0.05) is 19.4 Å². The Morgan fingerprint density at radius 2 is 2.07 bits per heavy atom. The Labute approximate surface area is 82.1 Å². The molecule has 1 aromatic rings. The van der Waals surface area contributed by atoms with Crippen molar-refractivity contribution in [2.75, 3.05) is 0 Å². The maximum atomic E-state index is 11.3. The predicted molar refractivity (Wildman–Crippen MR) is 51.1 cm³/mol. The average Bonchev–Trinajstić information content (AvgIpc) is 2.43. The van der Waals surface area contributed by atoms with E-state index in [1.807, 2.05) is 6.07 Å². The van der Waals surface area contributed by atoms with E-state index in [1.54, 1.807) is 6.07 Å². The molecule has 0 bridgehead atoms. The first-order valence-corrected chi connectivity index (χ1v) is 4.63. The average molecular weight is 188 g/mol. The van der Waals surface area contributed by atoms with Crippen LogP contribution in [0.5, 0.6) is 0 Å². The lowest BCUT2D eigenvalue weighted by Gasteiger charge is -1.99. The van der Waals surface area contributed by atoms with Gasteiger partial charge in [0.05, 0.1) is 11.1 Å². The molecule has 1 aliphatic heterocycles. The van der Waals surface area contributed by atoms with Gasteiger partial charge in [-0.25, -0.2) is 0 Å². The van der Waals surface area contributed by atoms with Gasteiger partial charge in [0.25, 0.3) is 11.8 Å². The van der Waals surface area contributed by atoms with Crippen molar-refractivity contribution in [2.24, 2.45) is 0 Å². The Morgan fingerprint density at radius 1 is 1.29 bits per heavy atom. The van der Waals surface area contributed by atoms with Crippen molar-refractivity contribution < 1.29 is 9.59 Å². The van der Waals surface area contributed by atoms with Gasteiger partial charge >= 0.3 is 0 Å². The Kier molecular flexibility index (Phi) is 2.08. The molecular weight excluding hydrogens is 178 g/mol. The van der Waals surface area contributed by atoms with E-state index in [-0.39, 0.29) is 11.8 Å². The summed E-state index contributed by atoms with van der Waals surface area (Å²) in [6.07, 6.45) is 1.89. The van der Waals surface area contributed by atoms with Crippen molar-refractivity contribution in [1.29, 1.82) is 0 Å². The first-order valence-electron chi connectivity index (χ1n) is 4.63. The second-order valence-corrected chi connectivity index (χ2v) is 3.31. The number of aryl methyl sites for hydroxylation is 1. The molecule has 3 nitrogen and oxygen atoms in total. The molecule has 1 heterocycles. The molecular formula is C11H10NO2. The van der Waals surface area contributed by atoms with E-state index < -0.39 is 0 Å². The maximum absolute atomic E-state index is 11.3. The minimum Gasteiger partial charge on any atom is -0.288 e. The van der Waals surface area contributed by atoms with Gasteiger partial charge in [-0.05, 0) is 24.1 Å². The Morgan fingerprint density at radius 3 is 2.79 bits per heavy atom. The van der Waals surface area contributed by atoms with E-state index in [9.17, 15) is 9.59 Å². The molecule has 0 saturated carbocycles. The Hall–Kier alpha value is -1.64. The molecule has 0 aliphatic carbocycles. The number of hydrogen-bond acceptors (Lipinski definition) is 2. The third-order valence-electron chi connectivity index (χ3n) is 2.22. The summed E-state index contributed by atoms with van der Waals surface area (Å²) < 4.78 is 0. The van der Waals surface area contributed by atoms with Gasteiger partial charge in [0.2, 0.25) is 0 Å². The monoisotopic (exact) mass is 188 g/mol. The number of hydrogen-bond donors (Lipinski definition) is 1. The van der Waals surface area contributed by atoms with Crippen LogP contribution in [0.25, 0.3) is 0 Å². The van der Waals surface area contributed by atoms with Crippen LogP contribution in [-0.4, -0.2) is 11.8 Å². The van der Waals surface area contributed by atoms with Crippen LogP contribution in [0.3, 0.4) is 0 Å². The summed E-state index contributed by atoms with van der Waals surface area (Å²) in [5.74, 6) is -0.646. The lowest BCUT2D eigenvalue weighted by Crippen LogP contribution is -2.19. The minimum absolute atomic E-state index is 0.315. The quantitative estimate of drug-likeness (QED) is 0.711. The van der Waals surface area contributed by atoms with Crippen LogP contribution in [0, 0.1) is 6.07 Å². The standard InChI is InChI=1S/C11H10NO2/c1-2-3-7-4-5-8-9(6-7)11(14)12-10(8)13/h4-5H,2-3H2,1H3,(H,12,13,14). The van der Waals surface area contributed by atoms with Crippen LogP contribution in [0.1, 0.15) is 39.6 Å². The number of imide groups is 1.